The van der Waals surface area contributed by atoms with Gasteiger partial charge >= 0.3 is 0 Å². The van der Waals surface area contributed by atoms with Crippen LogP contribution < -0.4 is 19.6 Å². The van der Waals surface area contributed by atoms with E-state index in [9.17, 15) is 4.79 Å². The van der Waals surface area contributed by atoms with Crippen LogP contribution in [0.25, 0.3) is 0 Å². The second kappa shape index (κ2) is 8.89. The van der Waals surface area contributed by atoms with Crippen molar-refractivity contribution in [2.24, 2.45) is 5.10 Å². The van der Waals surface area contributed by atoms with E-state index in [2.05, 4.69) is 17.5 Å². The third kappa shape index (κ3) is 4.99. The summed E-state index contributed by atoms with van der Waals surface area (Å²) in [6.45, 7) is 3.02. The number of rotatable bonds is 8. The molecule has 0 bridgehead atoms. The first-order valence-corrected chi connectivity index (χ1v) is 8.68. The molecule has 0 aromatic heterocycles. The summed E-state index contributed by atoms with van der Waals surface area (Å²) in [7, 11) is 0. The number of fused-ring (bicyclic) bond motifs is 1. The highest BCUT2D eigenvalue weighted by molar-refractivity contribution is 5.83. The largest absolute Gasteiger partial charge is 0.494 e. The van der Waals surface area contributed by atoms with E-state index in [0.29, 0.717) is 25.2 Å². The van der Waals surface area contributed by atoms with Gasteiger partial charge in [0.25, 0.3) is 0 Å². The van der Waals surface area contributed by atoms with Gasteiger partial charge in [-0.05, 0) is 54.3 Å². The van der Waals surface area contributed by atoms with E-state index in [4.69, 9.17) is 14.2 Å². The Balaban J connectivity index is 1.42. The number of nitrogens with one attached hydrogen (secondary N) is 1. The lowest BCUT2D eigenvalue weighted by molar-refractivity contribution is -0.121. The third-order valence-electron chi connectivity index (χ3n) is 3.84. The van der Waals surface area contributed by atoms with Gasteiger partial charge in [-0.25, -0.2) is 5.43 Å². The number of aryl methyl sites for hydroxylation is 1. The zero-order valence-corrected chi connectivity index (χ0v) is 14.7. The molecule has 0 spiro atoms. The van der Waals surface area contributed by atoms with E-state index >= 15 is 0 Å². The van der Waals surface area contributed by atoms with E-state index in [1.54, 1.807) is 6.21 Å². The van der Waals surface area contributed by atoms with Crippen LogP contribution in [-0.2, 0) is 11.2 Å². The van der Waals surface area contributed by atoms with Crippen LogP contribution in [0.4, 0.5) is 0 Å². The molecule has 6 heteroatoms. The molecule has 2 aromatic rings. The summed E-state index contributed by atoms with van der Waals surface area (Å²) >= 11 is 0. The van der Waals surface area contributed by atoms with Gasteiger partial charge in [-0.3, -0.25) is 4.79 Å². The minimum absolute atomic E-state index is 0.131. The number of ether oxygens (including phenoxy) is 3. The second-order valence-electron chi connectivity index (χ2n) is 5.90. The lowest BCUT2D eigenvalue weighted by Gasteiger charge is -2.05. The summed E-state index contributed by atoms with van der Waals surface area (Å²) in [6.07, 6.45) is 3.58. The van der Waals surface area contributed by atoms with Gasteiger partial charge in [0.2, 0.25) is 12.7 Å². The van der Waals surface area contributed by atoms with Crippen molar-refractivity contribution in [1.29, 1.82) is 0 Å². The lowest BCUT2D eigenvalue weighted by Crippen LogP contribution is -2.17. The third-order valence-corrected chi connectivity index (χ3v) is 3.84. The molecule has 1 aliphatic rings. The Hall–Kier alpha value is -3.02. The van der Waals surface area contributed by atoms with Gasteiger partial charge in [0, 0.05) is 6.42 Å². The molecule has 0 saturated carbocycles. The van der Waals surface area contributed by atoms with Gasteiger partial charge in [-0.1, -0.05) is 19.1 Å². The Morgan fingerprint density at radius 1 is 1.19 bits per heavy atom. The predicted octanol–water partition coefficient (Wildman–Crippen LogP) is 3.29. The molecular formula is C20H22N2O4. The maximum atomic E-state index is 11.9. The molecule has 0 unspecified atom stereocenters. The maximum absolute atomic E-state index is 11.9. The summed E-state index contributed by atoms with van der Waals surface area (Å²) < 4.78 is 16.1. The van der Waals surface area contributed by atoms with Crippen LogP contribution in [0.1, 0.15) is 30.9 Å². The predicted molar refractivity (Wildman–Crippen MR) is 98.9 cm³/mol. The van der Waals surface area contributed by atoms with Gasteiger partial charge in [-0.2, -0.15) is 5.10 Å². The standard InChI is InChI=1S/C20H22N2O4/c1-2-11-24-17-7-3-15(4-8-17)6-10-20(23)22-21-13-16-5-9-18-19(12-16)26-14-25-18/h3-5,7-9,12-13H,2,6,10-11,14H2,1H3,(H,22,23). The Morgan fingerprint density at radius 2 is 2.00 bits per heavy atom. The smallest absolute Gasteiger partial charge is 0.240 e. The van der Waals surface area contributed by atoms with Crippen molar-refractivity contribution < 1.29 is 19.0 Å². The number of hydrogen-bond donors (Lipinski definition) is 1. The Morgan fingerprint density at radius 3 is 2.81 bits per heavy atom. The molecule has 0 saturated heterocycles. The Labute approximate surface area is 152 Å². The average molecular weight is 354 g/mol. The number of carbonyl (C=O) groups excluding carboxylic acids is 1. The van der Waals surface area contributed by atoms with Crippen LogP contribution in [0.3, 0.4) is 0 Å². The normalized spacial score (nSPS) is 12.3. The van der Waals surface area contributed by atoms with E-state index in [-0.39, 0.29) is 12.7 Å². The maximum Gasteiger partial charge on any atom is 0.240 e. The molecule has 0 radical (unpaired) electrons. The number of hydrazone groups is 1. The molecule has 1 heterocycles. The van der Waals surface area contributed by atoms with E-state index in [1.807, 2.05) is 42.5 Å². The highest BCUT2D eigenvalue weighted by Gasteiger charge is 2.12. The zero-order chi connectivity index (χ0) is 18.2. The summed E-state index contributed by atoms with van der Waals surface area (Å²) in [5.41, 5.74) is 4.46. The fourth-order valence-electron chi connectivity index (χ4n) is 2.46. The molecule has 2 aromatic carbocycles. The van der Waals surface area contributed by atoms with Gasteiger partial charge in [0.15, 0.2) is 11.5 Å². The van der Waals surface area contributed by atoms with Crippen molar-refractivity contribution in [3.63, 3.8) is 0 Å². The zero-order valence-electron chi connectivity index (χ0n) is 14.7. The minimum Gasteiger partial charge on any atom is -0.494 e. The fraction of sp³-hybridized carbons (Fsp3) is 0.300. The highest BCUT2D eigenvalue weighted by atomic mass is 16.7. The van der Waals surface area contributed by atoms with Crippen molar-refractivity contribution in [2.45, 2.75) is 26.2 Å². The second-order valence-corrected chi connectivity index (χ2v) is 5.90. The molecule has 136 valence electrons. The highest BCUT2D eigenvalue weighted by Crippen LogP contribution is 2.31. The molecule has 6 nitrogen and oxygen atoms in total. The minimum atomic E-state index is -0.131. The van der Waals surface area contributed by atoms with Crippen LogP contribution >= 0.6 is 0 Å². The molecule has 3 rings (SSSR count). The number of hydrogen-bond acceptors (Lipinski definition) is 5. The van der Waals surface area contributed by atoms with Crippen molar-refractivity contribution in [3.8, 4) is 17.2 Å². The van der Waals surface area contributed by atoms with Crippen LogP contribution in [0.2, 0.25) is 0 Å². The van der Waals surface area contributed by atoms with Crippen LogP contribution in [0, 0.1) is 0 Å². The summed E-state index contributed by atoms with van der Waals surface area (Å²) in [5, 5.41) is 3.99. The molecule has 0 aliphatic carbocycles. The number of amides is 1. The van der Waals surface area contributed by atoms with Crippen molar-refractivity contribution in [1.82, 2.24) is 5.43 Å². The van der Waals surface area contributed by atoms with E-state index in [0.717, 1.165) is 29.0 Å². The number of carbonyl (C=O) groups is 1. The summed E-state index contributed by atoms with van der Waals surface area (Å²) in [5.74, 6) is 2.13. The van der Waals surface area contributed by atoms with Gasteiger partial charge in [0.05, 0.1) is 12.8 Å². The van der Waals surface area contributed by atoms with Gasteiger partial charge < -0.3 is 14.2 Å². The fourth-order valence-corrected chi connectivity index (χ4v) is 2.46. The van der Waals surface area contributed by atoms with Crippen molar-refractivity contribution in [3.05, 3.63) is 53.6 Å². The molecule has 1 N–H and O–H groups in total. The SMILES string of the molecule is CCCOc1ccc(CCC(=O)NN=Cc2ccc3c(c2)OCO3)cc1. The molecule has 1 aliphatic heterocycles. The average Bonchev–Trinajstić information content (AvgIpc) is 3.13. The van der Waals surface area contributed by atoms with E-state index < -0.39 is 0 Å². The Kier molecular flexibility index (Phi) is 6.09. The molecular weight excluding hydrogens is 332 g/mol. The van der Waals surface area contributed by atoms with Crippen molar-refractivity contribution >= 4 is 12.1 Å². The first kappa shape index (κ1) is 17.8. The van der Waals surface area contributed by atoms with Crippen molar-refractivity contribution in [2.75, 3.05) is 13.4 Å². The van der Waals surface area contributed by atoms with Crippen LogP contribution in [0.5, 0.6) is 17.2 Å². The first-order valence-electron chi connectivity index (χ1n) is 8.68. The molecule has 1 amide bonds. The number of nitrogens with zero attached hydrogens (tertiary/aromatic N) is 1. The number of benzene rings is 2. The van der Waals surface area contributed by atoms with E-state index in [1.165, 1.54) is 0 Å². The quantitative estimate of drug-likeness (QED) is 0.583. The van der Waals surface area contributed by atoms with Gasteiger partial charge in [0.1, 0.15) is 5.75 Å². The topological polar surface area (TPSA) is 69.2 Å². The first-order chi connectivity index (χ1) is 12.7. The molecule has 0 fully saturated rings. The van der Waals surface area contributed by atoms with Gasteiger partial charge in [-0.15, -0.1) is 0 Å². The van der Waals surface area contributed by atoms with Crippen LogP contribution in [0.15, 0.2) is 47.6 Å². The lowest BCUT2D eigenvalue weighted by atomic mass is 10.1. The Bertz CT molecular complexity index is 772. The van der Waals surface area contributed by atoms with Crippen LogP contribution in [-0.4, -0.2) is 25.5 Å². The summed E-state index contributed by atoms with van der Waals surface area (Å²) in [4.78, 5) is 11.9. The summed E-state index contributed by atoms with van der Waals surface area (Å²) in [6, 6.07) is 13.3. The molecule has 26 heavy (non-hydrogen) atoms. The molecule has 0 atom stereocenters. The monoisotopic (exact) mass is 354 g/mol.